The number of carboxylic acid groups (broad SMARTS) is 1. The van der Waals surface area contributed by atoms with Crippen LogP contribution in [0.1, 0.15) is 15.4 Å². The molecule has 106 valence electrons. The number of rotatable bonds is 3. The van der Waals surface area contributed by atoms with Gasteiger partial charge in [-0.15, -0.1) is 0 Å². The van der Waals surface area contributed by atoms with Gasteiger partial charge in [0.05, 0.1) is 26.0 Å². The van der Waals surface area contributed by atoms with Crippen LogP contribution in [-0.2, 0) is 11.3 Å². The molecule has 0 atom stereocenters. The van der Waals surface area contributed by atoms with Crippen LogP contribution in [0.3, 0.4) is 0 Å². The second-order valence-electron chi connectivity index (χ2n) is 4.36. The van der Waals surface area contributed by atoms with Crippen LogP contribution in [0.2, 0.25) is 0 Å². The van der Waals surface area contributed by atoms with E-state index in [-0.39, 0.29) is 5.56 Å². The fourth-order valence-corrected chi connectivity index (χ4v) is 2.88. The molecule has 8 nitrogen and oxygen atoms in total. The average molecular weight is 296 g/mol. The van der Waals surface area contributed by atoms with Gasteiger partial charge in [-0.2, -0.15) is 9.61 Å². The molecule has 0 amide bonds. The average Bonchev–Trinajstić information content (AvgIpc) is 2.83. The summed E-state index contributed by atoms with van der Waals surface area (Å²) in [6.07, 6.45) is 1.08. The molecule has 0 spiro atoms. The first-order chi connectivity index (χ1) is 9.65. The molecule has 2 aromatic heterocycles. The summed E-state index contributed by atoms with van der Waals surface area (Å²) in [6, 6.07) is 0. The molecule has 1 aliphatic rings. The minimum Gasteiger partial charge on any atom is -0.477 e. The van der Waals surface area contributed by atoms with Crippen LogP contribution >= 0.6 is 11.3 Å². The maximum atomic E-state index is 11.9. The number of aromatic carboxylic acids is 1. The summed E-state index contributed by atoms with van der Waals surface area (Å²) in [7, 11) is 0. The number of ether oxygens (including phenoxy) is 1. The van der Waals surface area contributed by atoms with Crippen LogP contribution in [0, 0.1) is 0 Å². The molecule has 0 radical (unpaired) electrons. The SMILES string of the molecule is O=C(O)c1cnc2sc(CN3CCOCC3)nn2c1=O. The van der Waals surface area contributed by atoms with E-state index in [2.05, 4.69) is 15.0 Å². The van der Waals surface area contributed by atoms with Crippen LogP contribution in [0.5, 0.6) is 0 Å². The second kappa shape index (κ2) is 5.27. The Morgan fingerprint density at radius 3 is 2.90 bits per heavy atom. The van der Waals surface area contributed by atoms with Crippen molar-refractivity contribution in [3.05, 3.63) is 27.1 Å². The van der Waals surface area contributed by atoms with E-state index < -0.39 is 11.5 Å². The van der Waals surface area contributed by atoms with E-state index >= 15 is 0 Å². The normalized spacial score (nSPS) is 16.6. The third kappa shape index (κ3) is 2.42. The molecular weight excluding hydrogens is 284 g/mol. The zero-order valence-electron chi connectivity index (χ0n) is 10.5. The summed E-state index contributed by atoms with van der Waals surface area (Å²) < 4.78 is 6.33. The number of aromatic nitrogens is 3. The highest BCUT2D eigenvalue weighted by atomic mass is 32.1. The Balaban J connectivity index is 1.92. The van der Waals surface area contributed by atoms with E-state index in [0.29, 0.717) is 24.7 Å². The molecule has 1 aliphatic heterocycles. The van der Waals surface area contributed by atoms with Crippen LogP contribution < -0.4 is 5.56 Å². The Morgan fingerprint density at radius 1 is 1.45 bits per heavy atom. The van der Waals surface area contributed by atoms with Crippen molar-refractivity contribution in [2.45, 2.75) is 6.54 Å². The number of carbonyl (C=O) groups is 1. The molecule has 0 aromatic carbocycles. The van der Waals surface area contributed by atoms with Crippen molar-refractivity contribution >= 4 is 22.3 Å². The Hall–Kier alpha value is -1.84. The highest BCUT2D eigenvalue weighted by molar-refractivity contribution is 7.16. The third-order valence-electron chi connectivity index (χ3n) is 3.02. The smallest absolute Gasteiger partial charge is 0.343 e. The van der Waals surface area contributed by atoms with Gasteiger partial charge in [0, 0.05) is 13.1 Å². The van der Waals surface area contributed by atoms with E-state index in [0.717, 1.165) is 28.8 Å². The number of morpholine rings is 1. The van der Waals surface area contributed by atoms with Crippen molar-refractivity contribution in [2.24, 2.45) is 0 Å². The van der Waals surface area contributed by atoms with Crippen molar-refractivity contribution in [3.63, 3.8) is 0 Å². The van der Waals surface area contributed by atoms with Gasteiger partial charge in [-0.05, 0) is 0 Å². The van der Waals surface area contributed by atoms with Crippen LogP contribution in [0.4, 0.5) is 0 Å². The molecule has 0 unspecified atom stereocenters. The van der Waals surface area contributed by atoms with Gasteiger partial charge in [-0.25, -0.2) is 9.78 Å². The maximum absolute atomic E-state index is 11.9. The summed E-state index contributed by atoms with van der Waals surface area (Å²) >= 11 is 1.29. The standard InChI is InChI=1S/C11H12N4O4S/c16-9-7(10(17)18)5-12-11-15(9)13-8(20-11)6-14-1-3-19-4-2-14/h5H,1-4,6H2,(H,17,18). The van der Waals surface area contributed by atoms with Gasteiger partial charge < -0.3 is 9.84 Å². The van der Waals surface area contributed by atoms with Gasteiger partial charge in [-0.3, -0.25) is 9.69 Å². The van der Waals surface area contributed by atoms with Crippen molar-refractivity contribution < 1.29 is 14.6 Å². The Kier molecular flexibility index (Phi) is 3.47. The molecule has 0 aliphatic carbocycles. The fraction of sp³-hybridized carbons (Fsp3) is 0.455. The summed E-state index contributed by atoms with van der Waals surface area (Å²) in [4.78, 5) is 29.4. The van der Waals surface area contributed by atoms with Gasteiger partial charge >= 0.3 is 5.97 Å². The zero-order chi connectivity index (χ0) is 14.1. The predicted octanol–water partition coefficient (Wildman–Crippen LogP) is -0.319. The minimum absolute atomic E-state index is 0.370. The van der Waals surface area contributed by atoms with Crippen molar-refractivity contribution in [2.75, 3.05) is 26.3 Å². The Bertz CT molecular complexity index is 704. The molecular formula is C11H12N4O4S. The third-order valence-corrected chi connectivity index (χ3v) is 3.93. The van der Waals surface area contributed by atoms with Crippen LogP contribution in [0.25, 0.3) is 4.96 Å². The maximum Gasteiger partial charge on any atom is 0.343 e. The molecule has 3 heterocycles. The lowest BCUT2D eigenvalue weighted by Crippen LogP contribution is -2.35. The number of hydrogen-bond acceptors (Lipinski definition) is 7. The Morgan fingerprint density at radius 2 is 2.20 bits per heavy atom. The molecule has 0 bridgehead atoms. The lowest BCUT2D eigenvalue weighted by molar-refractivity contribution is 0.0340. The molecule has 3 rings (SSSR count). The summed E-state index contributed by atoms with van der Waals surface area (Å²) in [5.74, 6) is -1.29. The van der Waals surface area contributed by atoms with Gasteiger partial charge in [0.2, 0.25) is 4.96 Å². The van der Waals surface area contributed by atoms with E-state index in [1.54, 1.807) is 0 Å². The monoisotopic (exact) mass is 296 g/mol. The van der Waals surface area contributed by atoms with Gasteiger partial charge in [0.15, 0.2) is 0 Å². The number of carboxylic acids is 1. The number of nitrogens with zero attached hydrogens (tertiary/aromatic N) is 4. The van der Waals surface area contributed by atoms with Crippen LogP contribution in [-0.4, -0.2) is 56.9 Å². The first-order valence-electron chi connectivity index (χ1n) is 6.06. The molecule has 2 aromatic rings. The molecule has 1 N–H and O–H groups in total. The van der Waals surface area contributed by atoms with Crippen molar-refractivity contribution in [3.8, 4) is 0 Å². The van der Waals surface area contributed by atoms with Crippen molar-refractivity contribution in [1.29, 1.82) is 0 Å². The summed E-state index contributed by atoms with van der Waals surface area (Å²) in [5.41, 5.74) is -1.02. The van der Waals surface area contributed by atoms with E-state index in [4.69, 9.17) is 9.84 Å². The highest BCUT2D eigenvalue weighted by Gasteiger charge is 2.17. The first kappa shape index (κ1) is 13.2. The predicted molar refractivity (Wildman–Crippen MR) is 70.2 cm³/mol. The zero-order valence-corrected chi connectivity index (χ0v) is 11.3. The van der Waals surface area contributed by atoms with E-state index in [1.807, 2.05) is 0 Å². The van der Waals surface area contributed by atoms with Crippen LogP contribution in [0.15, 0.2) is 11.0 Å². The fourth-order valence-electron chi connectivity index (χ4n) is 1.99. The molecule has 1 fully saturated rings. The lowest BCUT2D eigenvalue weighted by Gasteiger charge is -2.25. The van der Waals surface area contributed by atoms with Crippen molar-refractivity contribution in [1.82, 2.24) is 19.5 Å². The summed E-state index contributed by atoms with van der Waals surface area (Å²) in [6.45, 7) is 3.62. The first-order valence-corrected chi connectivity index (χ1v) is 6.88. The molecule has 9 heteroatoms. The second-order valence-corrected chi connectivity index (χ2v) is 5.40. The molecule has 0 saturated carbocycles. The van der Waals surface area contributed by atoms with E-state index in [1.165, 1.54) is 11.3 Å². The lowest BCUT2D eigenvalue weighted by atomic mass is 10.3. The molecule has 1 saturated heterocycles. The quantitative estimate of drug-likeness (QED) is 0.829. The van der Waals surface area contributed by atoms with E-state index in [9.17, 15) is 9.59 Å². The van der Waals surface area contributed by atoms with Gasteiger partial charge in [-0.1, -0.05) is 11.3 Å². The number of fused-ring (bicyclic) bond motifs is 1. The highest BCUT2D eigenvalue weighted by Crippen LogP contribution is 2.14. The number of hydrogen-bond donors (Lipinski definition) is 1. The summed E-state index contributed by atoms with van der Waals surface area (Å²) in [5, 5.41) is 13.8. The minimum atomic E-state index is -1.29. The Labute approximate surface area is 117 Å². The topological polar surface area (TPSA) is 97.0 Å². The largest absolute Gasteiger partial charge is 0.477 e. The van der Waals surface area contributed by atoms with Gasteiger partial charge in [0.25, 0.3) is 5.56 Å². The van der Waals surface area contributed by atoms with Gasteiger partial charge in [0.1, 0.15) is 10.6 Å². The molecule has 20 heavy (non-hydrogen) atoms.